The number of nitrogens with one attached hydrogen (secondary N) is 1. The fourth-order valence-corrected chi connectivity index (χ4v) is 6.00. The topological polar surface area (TPSA) is 69.7 Å². The molecule has 1 saturated heterocycles. The van der Waals surface area contributed by atoms with Crippen LogP contribution in [-0.2, 0) is 21.2 Å². The molecule has 1 fully saturated rings. The summed E-state index contributed by atoms with van der Waals surface area (Å²) in [5.41, 5.74) is 1.41. The van der Waals surface area contributed by atoms with Gasteiger partial charge in [-0.2, -0.15) is 0 Å². The Morgan fingerprint density at radius 1 is 1.26 bits per heavy atom. The molecule has 2 aliphatic rings. The SMILES string of the molecule is CC(=O)N1c2c(cc(Br)cc2S(=O)(=O)NCCN2CCC(C)CC2)CC1C. The van der Waals surface area contributed by atoms with Crippen LogP contribution >= 0.6 is 15.9 Å². The standard InChI is InChI=1S/C19H28BrN3O3S/c1-13-4-7-22(8-5-13)9-6-21-27(25,26)18-12-17(20)11-16-10-14(2)23(15(3)24)19(16)18/h11-14,21H,4-10H2,1-3H3. The highest BCUT2D eigenvalue weighted by molar-refractivity contribution is 9.10. The molecule has 6 nitrogen and oxygen atoms in total. The number of anilines is 1. The van der Waals surface area contributed by atoms with E-state index in [1.807, 2.05) is 13.0 Å². The van der Waals surface area contributed by atoms with Gasteiger partial charge in [0.15, 0.2) is 0 Å². The maximum atomic E-state index is 13.0. The summed E-state index contributed by atoms with van der Waals surface area (Å²) in [6, 6.07) is 3.46. The van der Waals surface area contributed by atoms with Gasteiger partial charge in [-0.1, -0.05) is 22.9 Å². The minimum absolute atomic E-state index is 0.0453. The smallest absolute Gasteiger partial charge is 0.242 e. The highest BCUT2D eigenvalue weighted by Crippen LogP contribution is 2.40. The number of sulfonamides is 1. The van der Waals surface area contributed by atoms with Crippen LogP contribution < -0.4 is 9.62 Å². The van der Waals surface area contributed by atoms with E-state index in [4.69, 9.17) is 0 Å². The summed E-state index contributed by atoms with van der Waals surface area (Å²) in [6.07, 6.45) is 2.98. The average molecular weight is 458 g/mol. The third-order valence-electron chi connectivity index (χ3n) is 5.54. The fraction of sp³-hybridized carbons (Fsp3) is 0.632. The number of nitrogens with zero attached hydrogens (tertiary/aromatic N) is 2. The summed E-state index contributed by atoms with van der Waals surface area (Å²) in [4.78, 5) is 16.2. The number of rotatable bonds is 5. The monoisotopic (exact) mass is 457 g/mol. The summed E-state index contributed by atoms with van der Waals surface area (Å²) in [5.74, 6) is 0.615. The normalized spacial score (nSPS) is 21.5. The first kappa shape index (κ1) is 20.8. The molecule has 1 aromatic carbocycles. The maximum Gasteiger partial charge on any atom is 0.242 e. The molecular formula is C19H28BrN3O3S. The number of carbonyl (C=O) groups is 1. The minimum Gasteiger partial charge on any atom is -0.308 e. The molecule has 0 radical (unpaired) electrons. The summed E-state index contributed by atoms with van der Waals surface area (Å²) >= 11 is 3.42. The van der Waals surface area contributed by atoms with E-state index in [2.05, 4.69) is 32.5 Å². The molecule has 2 heterocycles. The molecule has 0 aromatic heterocycles. The van der Waals surface area contributed by atoms with Gasteiger partial charge < -0.3 is 9.80 Å². The number of halogens is 1. The van der Waals surface area contributed by atoms with Gasteiger partial charge in [0.25, 0.3) is 0 Å². The van der Waals surface area contributed by atoms with Crippen molar-refractivity contribution in [3.63, 3.8) is 0 Å². The Balaban J connectivity index is 1.78. The van der Waals surface area contributed by atoms with Crippen LogP contribution in [0.15, 0.2) is 21.5 Å². The molecule has 1 amide bonds. The lowest BCUT2D eigenvalue weighted by Crippen LogP contribution is -2.39. The largest absolute Gasteiger partial charge is 0.308 e. The number of carbonyl (C=O) groups excluding carboxylic acids is 1. The van der Waals surface area contributed by atoms with Crippen molar-refractivity contribution in [2.24, 2.45) is 5.92 Å². The second kappa shape index (κ2) is 8.19. The van der Waals surface area contributed by atoms with Crippen LogP contribution in [0.1, 0.15) is 39.2 Å². The van der Waals surface area contributed by atoms with Crippen molar-refractivity contribution in [1.82, 2.24) is 9.62 Å². The zero-order chi connectivity index (χ0) is 19.8. The Bertz CT molecular complexity index is 820. The van der Waals surface area contributed by atoms with Crippen LogP contribution in [0.5, 0.6) is 0 Å². The summed E-state index contributed by atoms with van der Waals surface area (Å²) < 4.78 is 29.5. The second-order valence-electron chi connectivity index (χ2n) is 7.78. The third kappa shape index (κ3) is 4.55. The number of hydrogen-bond acceptors (Lipinski definition) is 4. The zero-order valence-corrected chi connectivity index (χ0v) is 18.6. The average Bonchev–Trinajstić information content (AvgIpc) is 2.91. The first-order valence-corrected chi connectivity index (χ1v) is 11.8. The Kier molecular flexibility index (Phi) is 6.30. The van der Waals surface area contributed by atoms with Crippen molar-refractivity contribution in [2.45, 2.75) is 51.0 Å². The van der Waals surface area contributed by atoms with E-state index in [1.54, 1.807) is 11.0 Å². The van der Waals surface area contributed by atoms with Crippen LogP contribution in [0.3, 0.4) is 0 Å². The van der Waals surface area contributed by atoms with Gasteiger partial charge in [0, 0.05) is 30.5 Å². The molecule has 0 aliphatic carbocycles. The second-order valence-corrected chi connectivity index (χ2v) is 10.4. The molecule has 0 spiro atoms. The van der Waals surface area contributed by atoms with Crippen molar-refractivity contribution in [1.29, 1.82) is 0 Å². The predicted octanol–water partition coefficient (Wildman–Crippen LogP) is 2.76. The summed E-state index contributed by atoms with van der Waals surface area (Å²) in [7, 11) is -3.71. The molecule has 8 heteroatoms. The van der Waals surface area contributed by atoms with Gasteiger partial charge in [0.1, 0.15) is 4.90 Å². The van der Waals surface area contributed by atoms with Gasteiger partial charge in [0.2, 0.25) is 15.9 Å². The Labute approximate surface area is 170 Å². The Hall–Kier alpha value is -0.960. The third-order valence-corrected chi connectivity index (χ3v) is 7.47. The van der Waals surface area contributed by atoms with Crippen molar-refractivity contribution >= 4 is 37.5 Å². The number of hydrogen-bond donors (Lipinski definition) is 1. The summed E-state index contributed by atoms with van der Waals surface area (Å²) in [6.45, 7) is 8.79. The van der Waals surface area contributed by atoms with Gasteiger partial charge in [-0.15, -0.1) is 0 Å². The number of amides is 1. The van der Waals surface area contributed by atoms with Gasteiger partial charge in [-0.3, -0.25) is 4.79 Å². The molecule has 2 aliphatic heterocycles. The van der Waals surface area contributed by atoms with Gasteiger partial charge in [-0.25, -0.2) is 13.1 Å². The minimum atomic E-state index is -3.71. The highest BCUT2D eigenvalue weighted by Gasteiger charge is 2.35. The lowest BCUT2D eigenvalue weighted by Gasteiger charge is -2.30. The molecule has 27 heavy (non-hydrogen) atoms. The molecular weight excluding hydrogens is 430 g/mol. The van der Waals surface area contributed by atoms with E-state index in [0.29, 0.717) is 29.7 Å². The van der Waals surface area contributed by atoms with E-state index in [1.165, 1.54) is 6.92 Å². The Morgan fingerprint density at radius 3 is 2.56 bits per heavy atom. The van der Waals surface area contributed by atoms with E-state index in [-0.39, 0.29) is 16.8 Å². The number of piperidine rings is 1. The summed E-state index contributed by atoms with van der Waals surface area (Å²) in [5, 5.41) is 0. The quantitative estimate of drug-likeness (QED) is 0.737. The molecule has 1 atom stereocenters. The molecule has 0 saturated carbocycles. The molecule has 1 aromatic rings. The molecule has 1 N–H and O–H groups in total. The number of benzene rings is 1. The van der Waals surface area contributed by atoms with Crippen LogP contribution in [-0.4, -0.2) is 51.4 Å². The first-order chi connectivity index (χ1) is 12.7. The number of fused-ring (bicyclic) bond motifs is 1. The molecule has 3 rings (SSSR count). The number of likely N-dealkylation sites (tertiary alicyclic amines) is 1. The molecule has 1 unspecified atom stereocenters. The van der Waals surface area contributed by atoms with E-state index in [9.17, 15) is 13.2 Å². The van der Waals surface area contributed by atoms with E-state index in [0.717, 1.165) is 37.4 Å². The first-order valence-electron chi connectivity index (χ1n) is 9.53. The van der Waals surface area contributed by atoms with Gasteiger partial charge in [-0.05, 0) is 62.9 Å². The van der Waals surface area contributed by atoms with E-state index < -0.39 is 10.0 Å². The van der Waals surface area contributed by atoms with Crippen LogP contribution in [0.4, 0.5) is 5.69 Å². The van der Waals surface area contributed by atoms with Crippen LogP contribution in [0.2, 0.25) is 0 Å². The lowest BCUT2D eigenvalue weighted by atomic mass is 9.99. The van der Waals surface area contributed by atoms with Crippen molar-refractivity contribution in [2.75, 3.05) is 31.1 Å². The molecule has 0 bridgehead atoms. The van der Waals surface area contributed by atoms with Gasteiger partial charge >= 0.3 is 0 Å². The lowest BCUT2D eigenvalue weighted by molar-refractivity contribution is -0.116. The van der Waals surface area contributed by atoms with Gasteiger partial charge in [0.05, 0.1) is 5.69 Å². The van der Waals surface area contributed by atoms with Crippen molar-refractivity contribution < 1.29 is 13.2 Å². The maximum absolute atomic E-state index is 13.0. The van der Waals surface area contributed by atoms with E-state index >= 15 is 0 Å². The van der Waals surface area contributed by atoms with Crippen LogP contribution in [0, 0.1) is 5.92 Å². The Morgan fingerprint density at radius 2 is 1.93 bits per heavy atom. The highest BCUT2D eigenvalue weighted by atomic mass is 79.9. The fourth-order valence-electron chi connectivity index (χ4n) is 4.06. The molecule has 150 valence electrons. The van der Waals surface area contributed by atoms with Crippen molar-refractivity contribution in [3.8, 4) is 0 Å². The van der Waals surface area contributed by atoms with Crippen molar-refractivity contribution in [3.05, 3.63) is 22.2 Å². The zero-order valence-electron chi connectivity index (χ0n) is 16.2. The van der Waals surface area contributed by atoms with Crippen LogP contribution in [0.25, 0.3) is 0 Å². The predicted molar refractivity (Wildman–Crippen MR) is 110 cm³/mol.